The van der Waals surface area contributed by atoms with Crippen LogP contribution in [0.2, 0.25) is 0 Å². The minimum absolute atomic E-state index is 0.0297. The molecule has 1 saturated heterocycles. The zero-order valence-electron chi connectivity index (χ0n) is 14.3. The SMILES string of the molecule is O=C1CC2(CCN(C(=O)c3ccc4cn[nH]c4c3)CC2)Cc2cn[nH]c21. The zero-order chi connectivity index (χ0) is 17.7. The lowest BCUT2D eigenvalue weighted by Crippen LogP contribution is -2.46. The molecule has 1 aliphatic heterocycles. The molecule has 1 aliphatic carbocycles. The molecule has 5 rings (SSSR count). The summed E-state index contributed by atoms with van der Waals surface area (Å²) in [6.45, 7) is 1.36. The molecule has 2 aliphatic rings. The van der Waals surface area contributed by atoms with E-state index in [-0.39, 0.29) is 17.1 Å². The van der Waals surface area contributed by atoms with Crippen molar-refractivity contribution in [3.05, 3.63) is 47.4 Å². The lowest BCUT2D eigenvalue weighted by molar-refractivity contribution is 0.0520. The Labute approximate surface area is 149 Å². The number of aromatic nitrogens is 4. The van der Waals surface area contributed by atoms with Gasteiger partial charge in [-0.25, -0.2) is 0 Å². The Morgan fingerprint density at radius 2 is 1.88 bits per heavy atom. The number of Topliss-reactive ketones (excluding diaryl/α,β-unsaturated/α-hetero) is 1. The van der Waals surface area contributed by atoms with Crippen LogP contribution in [0, 0.1) is 5.41 Å². The highest BCUT2D eigenvalue weighted by Crippen LogP contribution is 2.43. The molecule has 3 heterocycles. The van der Waals surface area contributed by atoms with E-state index in [1.165, 1.54) is 0 Å². The predicted molar refractivity (Wildman–Crippen MR) is 94.9 cm³/mol. The van der Waals surface area contributed by atoms with E-state index in [0.717, 1.165) is 35.7 Å². The fourth-order valence-electron chi connectivity index (χ4n) is 4.37. The Morgan fingerprint density at radius 1 is 1.08 bits per heavy atom. The van der Waals surface area contributed by atoms with Crippen LogP contribution < -0.4 is 0 Å². The quantitative estimate of drug-likeness (QED) is 0.705. The molecule has 0 unspecified atom stereocenters. The maximum Gasteiger partial charge on any atom is 0.253 e. The van der Waals surface area contributed by atoms with E-state index in [9.17, 15) is 9.59 Å². The standard InChI is InChI=1S/C19H19N5O2/c25-16-9-19(8-14-11-21-23-17(14)16)3-5-24(6-4-19)18(26)12-1-2-13-10-20-22-15(13)7-12/h1-2,7,10-11H,3-6,8-9H2,(H,20,22)(H,21,23). The number of likely N-dealkylation sites (tertiary alicyclic amines) is 1. The topological polar surface area (TPSA) is 94.7 Å². The van der Waals surface area contributed by atoms with Crippen molar-refractivity contribution in [3.8, 4) is 0 Å². The maximum absolute atomic E-state index is 12.9. The first-order chi connectivity index (χ1) is 12.6. The summed E-state index contributed by atoms with van der Waals surface area (Å²) < 4.78 is 0. The van der Waals surface area contributed by atoms with Crippen LogP contribution >= 0.6 is 0 Å². The van der Waals surface area contributed by atoms with Gasteiger partial charge in [-0.1, -0.05) is 6.07 Å². The molecule has 1 amide bonds. The van der Waals surface area contributed by atoms with E-state index >= 15 is 0 Å². The Morgan fingerprint density at radius 3 is 2.73 bits per heavy atom. The normalized spacial score (nSPS) is 19.1. The molecule has 0 bridgehead atoms. The van der Waals surface area contributed by atoms with E-state index in [2.05, 4.69) is 20.4 Å². The van der Waals surface area contributed by atoms with Crippen LogP contribution in [0.4, 0.5) is 0 Å². The molecule has 26 heavy (non-hydrogen) atoms. The van der Waals surface area contributed by atoms with Gasteiger partial charge in [-0.3, -0.25) is 19.8 Å². The Bertz CT molecular complexity index is 1010. The van der Waals surface area contributed by atoms with Crippen molar-refractivity contribution in [2.75, 3.05) is 13.1 Å². The van der Waals surface area contributed by atoms with Crippen molar-refractivity contribution in [1.29, 1.82) is 0 Å². The summed E-state index contributed by atoms with van der Waals surface area (Å²) in [6, 6.07) is 5.63. The molecule has 7 nitrogen and oxygen atoms in total. The van der Waals surface area contributed by atoms with Gasteiger partial charge in [0, 0.05) is 36.0 Å². The van der Waals surface area contributed by atoms with Gasteiger partial charge in [0.2, 0.25) is 0 Å². The number of ketones is 1. The fourth-order valence-corrected chi connectivity index (χ4v) is 4.37. The van der Waals surface area contributed by atoms with Gasteiger partial charge >= 0.3 is 0 Å². The summed E-state index contributed by atoms with van der Waals surface area (Å²) >= 11 is 0. The Kier molecular flexibility index (Phi) is 3.25. The second-order valence-corrected chi connectivity index (χ2v) is 7.51. The monoisotopic (exact) mass is 349 g/mol. The van der Waals surface area contributed by atoms with Crippen LogP contribution in [-0.2, 0) is 6.42 Å². The molecule has 2 aromatic heterocycles. The third-order valence-corrected chi connectivity index (χ3v) is 5.90. The van der Waals surface area contributed by atoms with Crippen molar-refractivity contribution >= 4 is 22.6 Å². The predicted octanol–water partition coefficient (Wildman–Crippen LogP) is 2.34. The summed E-state index contributed by atoms with van der Waals surface area (Å²) in [7, 11) is 0. The van der Waals surface area contributed by atoms with Crippen LogP contribution in [-0.4, -0.2) is 50.1 Å². The maximum atomic E-state index is 12.9. The first-order valence-electron chi connectivity index (χ1n) is 8.91. The summed E-state index contributed by atoms with van der Waals surface area (Å²) in [6.07, 6.45) is 6.63. The summed E-state index contributed by atoms with van der Waals surface area (Å²) in [5.74, 6) is 0.190. The van der Waals surface area contributed by atoms with E-state index < -0.39 is 0 Å². The van der Waals surface area contributed by atoms with Gasteiger partial charge in [0.25, 0.3) is 5.91 Å². The van der Waals surface area contributed by atoms with Gasteiger partial charge in [0.1, 0.15) is 5.69 Å². The molecule has 1 fully saturated rings. The summed E-state index contributed by atoms with van der Waals surface area (Å²) in [4.78, 5) is 27.2. The molecule has 0 saturated carbocycles. The number of aromatic amines is 2. The van der Waals surface area contributed by atoms with Crippen molar-refractivity contribution < 1.29 is 9.59 Å². The van der Waals surface area contributed by atoms with E-state index in [1.54, 1.807) is 12.4 Å². The van der Waals surface area contributed by atoms with Crippen LogP contribution in [0.15, 0.2) is 30.6 Å². The number of amides is 1. The second-order valence-electron chi connectivity index (χ2n) is 7.51. The first kappa shape index (κ1) is 15.3. The van der Waals surface area contributed by atoms with Gasteiger partial charge in [-0.2, -0.15) is 10.2 Å². The minimum atomic E-state index is -0.0297. The van der Waals surface area contributed by atoms with E-state index in [4.69, 9.17) is 0 Å². The number of hydrogen-bond acceptors (Lipinski definition) is 4. The lowest BCUT2D eigenvalue weighted by atomic mass is 9.67. The molecular weight excluding hydrogens is 330 g/mol. The molecule has 1 spiro atoms. The third-order valence-electron chi connectivity index (χ3n) is 5.90. The number of rotatable bonds is 1. The molecule has 132 valence electrons. The fraction of sp³-hybridized carbons (Fsp3) is 0.368. The molecule has 3 aromatic rings. The molecule has 0 radical (unpaired) electrons. The smallest absolute Gasteiger partial charge is 0.253 e. The van der Waals surface area contributed by atoms with E-state index in [0.29, 0.717) is 30.8 Å². The number of nitrogens with zero attached hydrogens (tertiary/aromatic N) is 3. The Hall–Kier alpha value is -2.96. The van der Waals surface area contributed by atoms with Crippen molar-refractivity contribution in [3.63, 3.8) is 0 Å². The Balaban J connectivity index is 1.32. The number of carbonyl (C=O) groups excluding carboxylic acids is 2. The van der Waals surface area contributed by atoms with Gasteiger partial charge in [0.05, 0.1) is 17.9 Å². The van der Waals surface area contributed by atoms with Crippen LogP contribution in [0.3, 0.4) is 0 Å². The largest absolute Gasteiger partial charge is 0.339 e. The second kappa shape index (κ2) is 5.52. The lowest BCUT2D eigenvalue weighted by Gasteiger charge is -2.43. The number of piperidine rings is 1. The number of hydrogen-bond donors (Lipinski definition) is 2. The molecule has 7 heteroatoms. The first-order valence-corrected chi connectivity index (χ1v) is 8.91. The van der Waals surface area contributed by atoms with E-state index in [1.807, 2.05) is 23.1 Å². The average Bonchev–Trinajstić information content (AvgIpc) is 3.30. The van der Waals surface area contributed by atoms with Gasteiger partial charge in [-0.15, -0.1) is 0 Å². The number of fused-ring (bicyclic) bond motifs is 2. The summed E-state index contributed by atoms with van der Waals surface area (Å²) in [5, 5.41) is 14.7. The summed E-state index contributed by atoms with van der Waals surface area (Å²) in [5.41, 5.74) is 3.20. The molecular formula is C19H19N5O2. The van der Waals surface area contributed by atoms with Crippen LogP contribution in [0.1, 0.15) is 45.7 Å². The van der Waals surface area contributed by atoms with Gasteiger partial charge < -0.3 is 4.90 Å². The van der Waals surface area contributed by atoms with Crippen molar-refractivity contribution in [2.24, 2.45) is 5.41 Å². The number of benzene rings is 1. The highest BCUT2D eigenvalue weighted by Gasteiger charge is 2.42. The van der Waals surface area contributed by atoms with Crippen molar-refractivity contribution in [1.82, 2.24) is 25.3 Å². The van der Waals surface area contributed by atoms with Gasteiger partial charge in [-0.05, 0) is 36.8 Å². The van der Waals surface area contributed by atoms with Crippen LogP contribution in [0.5, 0.6) is 0 Å². The highest BCUT2D eigenvalue weighted by atomic mass is 16.2. The number of nitrogens with one attached hydrogen (secondary N) is 2. The number of carbonyl (C=O) groups is 2. The zero-order valence-corrected chi connectivity index (χ0v) is 14.3. The van der Waals surface area contributed by atoms with Gasteiger partial charge in [0.15, 0.2) is 5.78 Å². The molecule has 0 atom stereocenters. The minimum Gasteiger partial charge on any atom is -0.339 e. The molecule has 2 N–H and O–H groups in total. The highest BCUT2D eigenvalue weighted by molar-refractivity contribution is 5.98. The van der Waals surface area contributed by atoms with Crippen molar-refractivity contribution in [2.45, 2.75) is 25.7 Å². The number of H-pyrrole nitrogens is 2. The molecule has 1 aromatic carbocycles. The van der Waals surface area contributed by atoms with Crippen LogP contribution in [0.25, 0.3) is 10.9 Å². The third kappa shape index (κ3) is 2.34. The average molecular weight is 349 g/mol.